The van der Waals surface area contributed by atoms with Gasteiger partial charge in [0.05, 0.1) is 24.3 Å². The number of carbonyl (C=O) groups excluding carboxylic acids is 1. The monoisotopic (exact) mass is 471 g/mol. The van der Waals surface area contributed by atoms with Crippen LogP contribution in [-0.4, -0.2) is 77.3 Å². The van der Waals surface area contributed by atoms with Gasteiger partial charge in [0.15, 0.2) is 0 Å². The van der Waals surface area contributed by atoms with Crippen molar-refractivity contribution < 1.29 is 22.7 Å². The molecular formula is C23H36F3N5O2. The number of ether oxygens (including phenoxy) is 1. The van der Waals surface area contributed by atoms with E-state index < -0.39 is 11.7 Å². The van der Waals surface area contributed by atoms with Gasteiger partial charge in [-0.2, -0.15) is 13.2 Å². The third kappa shape index (κ3) is 6.94. The van der Waals surface area contributed by atoms with E-state index in [0.29, 0.717) is 25.6 Å². The maximum Gasteiger partial charge on any atom is 0.419 e. The molecule has 0 radical (unpaired) electrons. The van der Waals surface area contributed by atoms with Crippen LogP contribution in [0.25, 0.3) is 0 Å². The van der Waals surface area contributed by atoms with Crippen molar-refractivity contribution in [3.05, 3.63) is 18.0 Å². The second kappa shape index (κ2) is 10.0. The van der Waals surface area contributed by atoms with Gasteiger partial charge in [-0.25, -0.2) is 14.8 Å². The minimum Gasteiger partial charge on any atom is -0.449 e. The lowest BCUT2D eigenvalue weighted by atomic mass is 9.92. The summed E-state index contributed by atoms with van der Waals surface area (Å²) in [6.45, 7) is 14.9. The van der Waals surface area contributed by atoms with Crippen LogP contribution >= 0.6 is 0 Å². The van der Waals surface area contributed by atoms with Crippen LogP contribution in [0.2, 0.25) is 0 Å². The van der Waals surface area contributed by atoms with Crippen molar-refractivity contribution in [2.45, 2.75) is 65.7 Å². The third-order valence-electron chi connectivity index (χ3n) is 6.23. The number of piperazine rings is 1. The average Bonchev–Trinajstić information content (AvgIpc) is 2.71. The number of carbonyl (C=O) groups is 1. The molecule has 7 nitrogen and oxygen atoms in total. The molecular weight excluding hydrogens is 435 g/mol. The Labute approximate surface area is 194 Å². The maximum atomic E-state index is 12.8. The molecule has 1 aromatic heterocycles. The van der Waals surface area contributed by atoms with E-state index >= 15 is 0 Å². The summed E-state index contributed by atoms with van der Waals surface area (Å²) < 4.78 is 44.0. The third-order valence-corrected chi connectivity index (χ3v) is 6.23. The van der Waals surface area contributed by atoms with E-state index in [9.17, 15) is 18.0 Å². The quantitative estimate of drug-likeness (QED) is 0.653. The summed E-state index contributed by atoms with van der Waals surface area (Å²) in [5.74, 6) is 0.606. The van der Waals surface area contributed by atoms with E-state index in [0.717, 1.165) is 44.9 Å². The zero-order chi connectivity index (χ0) is 24.4. The summed E-state index contributed by atoms with van der Waals surface area (Å²) in [6, 6.07) is -0.360. The topological polar surface area (TPSA) is 61.8 Å². The molecule has 0 N–H and O–H groups in total. The van der Waals surface area contributed by atoms with E-state index in [2.05, 4.69) is 35.6 Å². The number of hydrogen-bond donors (Lipinski definition) is 0. The highest BCUT2D eigenvalue weighted by atomic mass is 19.4. The summed E-state index contributed by atoms with van der Waals surface area (Å²) in [5, 5.41) is 0. The maximum absolute atomic E-state index is 12.8. The van der Waals surface area contributed by atoms with Crippen molar-refractivity contribution in [2.75, 3.05) is 44.2 Å². The molecule has 0 aliphatic carbocycles. The molecule has 3 rings (SSSR count). The lowest BCUT2D eigenvalue weighted by Crippen LogP contribution is -2.59. The van der Waals surface area contributed by atoms with Crippen molar-refractivity contribution in [3.8, 4) is 0 Å². The Morgan fingerprint density at radius 2 is 1.61 bits per heavy atom. The van der Waals surface area contributed by atoms with Crippen molar-refractivity contribution >= 4 is 12.0 Å². The Bertz CT molecular complexity index is 777. The minimum atomic E-state index is -4.47. The first-order valence-corrected chi connectivity index (χ1v) is 11.6. The fraction of sp³-hybridized carbons (Fsp3) is 0.783. The van der Waals surface area contributed by atoms with Gasteiger partial charge in [-0.1, -0.05) is 20.8 Å². The molecule has 2 fully saturated rings. The van der Waals surface area contributed by atoms with Crippen LogP contribution in [0.1, 0.15) is 53.0 Å². The van der Waals surface area contributed by atoms with Crippen molar-refractivity contribution in [1.82, 2.24) is 19.8 Å². The SMILES string of the molecule is C[C@@H]1CN(c2ncc(C(F)(F)F)cn2)C[C@H](C)N1C(=O)OCC1CCN(CC(C)(C)C)CC1. The van der Waals surface area contributed by atoms with Crippen LogP contribution in [0, 0.1) is 11.3 Å². The molecule has 2 atom stereocenters. The van der Waals surface area contributed by atoms with E-state index in [1.807, 2.05) is 18.7 Å². The number of piperidine rings is 1. The molecule has 0 saturated carbocycles. The summed E-state index contributed by atoms with van der Waals surface area (Å²) >= 11 is 0. The molecule has 0 aromatic carbocycles. The number of halogens is 3. The van der Waals surface area contributed by atoms with Crippen LogP contribution in [0.4, 0.5) is 23.9 Å². The molecule has 2 aliphatic rings. The zero-order valence-corrected chi connectivity index (χ0v) is 20.2. The van der Waals surface area contributed by atoms with Crippen LogP contribution in [-0.2, 0) is 10.9 Å². The van der Waals surface area contributed by atoms with Crippen LogP contribution in [0.5, 0.6) is 0 Å². The predicted octanol–water partition coefficient (Wildman–Crippen LogP) is 4.29. The highest BCUT2D eigenvalue weighted by Crippen LogP contribution is 2.29. The first-order valence-electron chi connectivity index (χ1n) is 11.6. The van der Waals surface area contributed by atoms with E-state index in [1.54, 1.807) is 4.90 Å². The molecule has 0 unspecified atom stereocenters. The second-order valence-corrected chi connectivity index (χ2v) is 10.6. The predicted molar refractivity (Wildman–Crippen MR) is 120 cm³/mol. The lowest BCUT2D eigenvalue weighted by Gasteiger charge is -2.43. The highest BCUT2D eigenvalue weighted by molar-refractivity contribution is 5.69. The number of anilines is 1. The van der Waals surface area contributed by atoms with Gasteiger partial charge in [0.25, 0.3) is 0 Å². The van der Waals surface area contributed by atoms with Gasteiger partial charge in [-0.15, -0.1) is 0 Å². The zero-order valence-electron chi connectivity index (χ0n) is 20.2. The minimum absolute atomic E-state index is 0.180. The van der Waals surface area contributed by atoms with E-state index in [4.69, 9.17) is 4.74 Å². The smallest absolute Gasteiger partial charge is 0.419 e. The fourth-order valence-corrected chi connectivity index (χ4v) is 4.72. The molecule has 10 heteroatoms. The Balaban J connectivity index is 1.49. The standard InChI is InChI=1S/C23H36F3N5O2/c1-16-12-30(20-27-10-19(11-28-20)23(24,25)26)13-17(2)31(16)21(32)33-14-18-6-8-29(9-7-18)15-22(3,4)5/h10-11,16-18H,6-9,12-15H2,1-5H3/t16-,17+. The van der Waals surface area contributed by atoms with Gasteiger partial charge >= 0.3 is 12.3 Å². The van der Waals surface area contributed by atoms with Gasteiger partial charge in [0.2, 0.25) is 5.95 Å². The number of likely N-dealkylation sites (tertiary alicyclic amines) is 1. The van der Waals surface area contributed by atoms with Crippen LogP contribution < -0.4 is 4.90 Å². The summed E-state index contributed by atoms with van der Waals surface area (Å²) in [4.78, 5) is 26.6. The Morgan fingerprint density at radius 3 is 2.09 bits per heavy atom. The molecule has 2 aliphatic heterocycles. The van der Waals surface area contributed by atoms with Gasteiger partial charge < -0.3 is 14.5 Å². The van der Waals surface area contributed by atoms with Gasteiger partial charge in [-0.3, -0.25) is 4.90 Å². The van der Waals surface area contributed by atoms with Gasteiger partial charge in [-0.05, 0) is 51.1 Å². The van der Waals surface area contributed by atoms with E-state index in [1.165, 1.54) is 0 Å². The van der Waals surface area contributed by atoms with Crippen molar-refractivity contribution in [3.63, 3.8) is 0 Å². The highest BCUT2D eigenvalue weighted by Gasteiger charge is 2.36. The molecule has 0 bridgehead atoms. The number of nitrogens with zero attached hydrogens (tertiary/aromatic N) is 5. The lowest BCUT2D eigenvalue weighted by molar-refractivity contribution is -0.138. The molecule has 1 amide bonds. The number of amides is 1. The fourth-order valence-electron chi connectivity index (χ4n) is 4.72. The van der Waals surface area contributed by atoms with Crippen molar-refractivity contribution in [2.24, 2.45) is 11.3 Å². The largest absolute Gasteiger partial charge is 0.449 e. The number of hydrogen-bond acceptors (Lipinski definition) is 6. The Morgan fingerprint density at radius 1 is 1.06 bits per heavy atom. The van der Waals surface area contributed by atoms with Crippen LogP contribution in [0.15, 0.2) is 12.4 Å². The average molecular weight is 472 g/mol. The first kappa shape index (κ1) is 25.5. The summed E-state index contributed by atoms with van der Waals surface area (Å²) in [7, 11) is 0. The van der Waals surface area contributed by atoms with Gasteiger partial charge in [0.1, 0.15) is 0 Å². The van der Waals surface area contributed by atoms with E-state index in [-0.39, 0.29) is 29.5 Å². The molecule has 33 heavy (non-hydrogen) atoms. The molecule has 186 valence electrons. The molecule has 1 aromatic rings. The molecule has 3 heterocycles. The molecule has 0 spiro atoms. The number of aromatic nitrogens is 2. The Kier molecular flexibility index (Phi) is 7.76. The normalized spacial score (nSPS) is 23.6. The number of rotatable bonds is 4. The molecule has 2 saturated heterocycles. The van der Waals surface area contributed by atoms with Crippen LogP contribution in [0.3, 0.4) is 0 Å². The Hall–Kier alpha value is -2.10. The first-order chi connectivity index (χ1) is 15.3. The summed E-state index contributed by atoms with van der Waals surface area (Å²) in [5.41, 5.74) is -0.599. The second-order valence-electron chi connectivity index (χ2n) is 10.6. The number of alkyl halides is 3. The summed E-state index contributed by atoms with van der Waals surface area (Å²) in [6.07, 6.45) is -1.16. The van der Waals surface area contributed by atoms with Gasteiger partial charge in [0, 0.05) is 32.0 Å². The van der Waals surface area contributed by atoms with Crippen molar-refractivity contribution in [1.29, 1.82) is 0 Å².